The highest BCUT2D eigenvalue weighted by Gasteiger charge is 2.35. The maximum atomic E-state index is 13.9. The van der Waals surface area contributed by atoms with Crippen molar-refractivity contribution in [3.05, 3.63) is 93.5 Å². The van der Waals surface area contributed by atoms with Crippen molar-refractivity contribution in [2.24, 2.45) is 4.99 Å². The van der Waals surface area contributed by atoms with E-state index in [2.05, 4.69) is 5.32 Å². The van der Waals surface area contributed by atoms with Gasteiger partial charge in [-0.05, 0) is 56.7 Å². The number of anilines is 1. The van der Waals surface area contributed by atoms with Crippen LogP contribution in [0.25, 0.3) is 0 Å². The van der Waals surface area contributed by atoms with Crippen molar-refractivity contribution in [3.63, 3.8) is 0 Å². The second kappa shape index (κ2) is 10.8. The molecule has 0 fully saturated rings. The van der Waals surface area contributed by atoms with Crippen LogP contribution >= 0.6 is 23.2 Å². The lowest BCUT2D eigenvalue weighted by molar-refractivity contribution is -0.120. The SMILES string of the molecule is COc1ccc(CN2C(=O)C(NC(=O)OC(C)(C)C)N=C(c3c(Cl)cccc3Cl)c3ccccc32)cc1. The minimum absolute atomic E-state index is 0.228. The summed E-state index contributed by atoms with van der Waals surface area (Å²) in [6.45, 7) is 5.45. The predicted octanol–water partition coefficient (Wildman–Crippen LogP) is 6.24. The number of nitrogens with zero attached hydrogens (tertiary/aromatic N) is 2. The number of aliphatic imine (C=N–C) groups is 1. The van der Waals surface area contributed by atoms with Crippen molar-refractivity contribution in [1.82, 2.24) is 5.32 Å². The lowest BCUT2D eigenvalue weighted by atomic mass is 9.99. The van der Waals surface area contributed by atoms with E-state index in [0.717, 1.165) is 5.56 Å². The highest BCUT2D eigenvalue weighted by atomic mass is 35.5. The van der Waals surface area contributed by atoms with Gasteiger partial charge in [0.05, 0.1) is 35.1 Å². The first-order valence-electron chi connectivity index (χ1n) is 11.6. The molecule has 3 aromatic rings. The molecule has 0 aliphatic carbocycles. The first-order chi connectivity index (χ1) is 17.6. The van der Waals surface area contributed by atoms with E-state index in [1.807, 2.05) is 48.5 Å². The molecule has 7 nitrogen and oxygen atoms in total. The molecule has 192 valence electrons. The number of hydrogen-bond acceptors (Lipinski definition) is 5. The highest BCUT2D eigenvalue weighted by molar-refractivity contribution is 6.42. The van der Waals surface area contributed by atoms with Crippen molar-refractivity contribution in [2.75, 3.05) is 12.0 Å². The fourth-order valence-electron chi connectivity index (χ4n) is 3.94. The van der Waals surface area contributed by atoms with Gasteiger partial charge in [0.1, 0.15) is 11.4 Å². The molecule has 3 aromatic carbocycles. The topological polar surface area (TPSA) is 80.2 Å². The number of amides is 2. The smallest absolute Gasteiger partial charge is 0.409 e. The zero-order valence-corrected chi connectivity index (χ0v) is 22.4. The highest BCUT2D eigenvalue weighted by Crippen LogP contribution is 2.34. The number of halogens is 2. The molecule has 1 aliphatic heterocycles. The van der Waals surface area contributed by atoms with Crippen LogP contribution in [0, 0.1) is 0 Å². The van der Waals surface area contributed by atoms with Crippen molar-refractivity contribution < 1.29 is 19.1 Å². The monoisotopic (exact) mass is 539 g/mol. The number of alkyl carbamates (subject to hydrolysis) is 1. The van der Waals surface area contributed by atoms with E-state index < -0.39 is 23.8 Å². The molecule has 2 amide bonds. The Morgan fingerprint density at radius 3 is 2.27 bits per heavy atom. The summed E-state index contributed by atoms with van der Waals surface area (Å²) in [5.74, 6) is 0.266. The van der Waals surface area contributed by atoms with Crippen LogP contribution < -0.4 is 15.0 Å². The summed E-state index contributed by atoms with van der Waals surface area (Å²) in [6.07, 6.45) is -2.06. The van der Waals surface area contributed by atoms with Crippen molar-refractivity contribution >= 4 is 46.6 Å². The summed E-state index contributed by atoms with van der Waals surface area (Å²) in [7, 11) is 1.59. The number of hydrogen-bond donors (Lipinski definition) is 1. The molecule has 0 spiro atoms. The van der Waals surface area contributed by atoms with Crippen LogP contribution in [0.1, 0.15) is 37.5 Å². The Bertz CT molecular complexity index is 1330. The number of rotatable bonds is 5. The molecule has 1 unspecified atom stereocenters. The van der Waals surface area contributed by atoms with Gasteiger partial charge in [0.15, 0.2) is 0 Å². The number of fused-ring (bicyclic) bond motifs is 1. The van der Waals surface area contributed by atoms with Gasteiger partial charge in [-0.3, -0.25) is 10.1 Å². The maximum absolute atomic E-state index is 13.9. The van der Waals surface area contributed by atoms with Gasteiger partial charge in [0, 0.05) is 11.1 Å². The zero-order valence-electron chi connectivity index (χ0n) is 20.9. The summed E-state index contributed by atoms with van der Waals surface area (Å²) in [4.78, 5) is 33.0. The Morgan fingerprint density at radius 1 is 1.00 bits per heavy atom. The molecular weight excluding hydrogens is 513 g/mol. The van der Waals surface area contributed by atoms with Crippen LogP contribution in [-0.4, -0.2) is 36.6 Å². The summed E-state index contributed by atoms with van der Waals surface area (Å²) in [6, 6.07) is 19.9. The average Bonchev–Trinajstić information content (AvgIpc) is 2.94. The van der Waals surface area contributed by atoms with Crippen molar-refractivity contribution in [1.29, 1.82) is 0 Å². The van der Waals surface area contributed by atoms with E-state index in [-0.39, 0.29) is 6.54 Å². The number of carbonyl (C=O) groups excluding carboxylic acids is 2. The Kier molecular flexibility index (Phi) is 7.76. The molecule has 0 bridgehead atoms. The Morgan fingerprint density at radius 2 is 1.65 bits per heavy atom. The van der Waals surface area contributed by atoms with Gasteiger partial charge < -0.3 is 14.4 Å². The lowest BCUT2D eigenvalue weighted by Crippen LogP contribution is -2.48. The first-order valence-corrected chi connectivity index (χ1v) is 12.4. The standard InChI is InChI=1S/C28H27Cl2N3O4/c1-28(2,3)37-27(35)32-25-26(34)33(16-17-12-14-18(36-4)15-13-17)22-11-6-5-8-19(22)24(31-25)23-20(29)9-7-10-21(23)30/h5-15,25H,16H2,1-4H3,(H,32,35). The average molecular weight is 540 g/mol. The van der Waals surface area contributed by atoms with Gasteiger partial charge in [0.2, 0.25) is 6.17 Å². The third-order valence-electron chi connectivity index (χ3n) is 5.56. The minimum Gasteiger partial charge on any atom is -0.497 e. The lowest BCUT2D eigenvalue weighted by Gasteiger charge is -2.26. The summed E-state index contributed by atoms with van der Waals surface area (Å²) >= 11 is 13.1. The fourth-order valence-corrected chi connectivity index (χ4v) is 4.52. The van der Waals surface area contributed by atoms with Crippen LogP contribution in [0.3, 0.4) is 0 Å². The number of nitrogens with one attached hydrogen (secondary N) is 1. The van der Waals surface area contributed by atoms with Crippen LogP contribution in [0.15, 0.2) is 71.7 Å². The number of benzene rings is 3. The van der Waals surface area contributed by atoms with Crippen LogP contribution in [0.4, 0.5) is 10.5 Å². The molecule has 1 heterocycles. The quantitative estimate of drug-likeness (QED) is 0.416. The van der Waals surface area contributed by atoms with Gasteiger partial charge in [-0.2, -0.15) is 0 Å². The molecule has 1 N–H and O–H groups in total. The van der Waals surface area contributed by atoms with E-state index in [1.54, 1.807) is 51.0 Å². The Hall–Kier alpha value is -3.55. The molecule has 0 saturated carbocycles. The first kappa shape index (κ1) is 26.5. The molecular formula is C28H27Cl2N3O4. The Labute approximate surface area is 226 Å². The van der Waals surface area contributed by atoms with Gasteiger partial charge >= 0.3 is 6.09 Å². The van der Waals surface area contributed by atoms with Crippen molar-refractivity contribution in [3.8, 4) is 5.75 Å². The van der Waals surface area contributed by atoms with E-state index in [9.17, 15) is 9.59 Å². The van der Waals surface area contributed by atoms with Crippen LogP contribution in [0.5, 0.6) is 5.75 Å². The molecule has 9 heteroatoms. The van der Waals surface area contributed by atoms with Crippen LogP contribution in [-0.2, 0) is 16.1 Å². The van der Waals surface area contributed by atoms with Crippen molar-refractivity contribution in [2.45, 2.75) is 39.1 Å². The van der Waals surface area contributed by atoms with Gasteiger partial charge in [0.25, 0.3) is 5.91 Å². The molecule has 37 heavy (non-hydrogen) atoms. The summed E-state index contributed by atoms with van der Waals surface area (Å²) in [5, 5.41) is 3.36. The third kappa shape index (κ3) is 6.06. The summed E-state index contributed by atoms with van der Waals surface area (Å²) < 4.78 is 10.7. The third-order valence-corrected chi connectivity index (χ3v) is 6.19. The molecule has 0 aromatic heterocycles. The normalized spacial score (nSPS) is 15.4. The minimum atomic E-state index is -1.29. The Balaban J connectivity index is 1.85. The molecule has 1 aliphatic rings. The van der Waals surface area contributed by atoms with E-state index >= 15 is 0 Å². The number of carbonyl (C=O) groups is 2. The number of benzodiazepines with no additional fused rings is 1. The molecule has 0 saturated heterocycles. The molecule has 4 rings (SSSR count). The van der Waals surface area contributed by atoms with Crippen LogP contribution in [0.2, 0.25) is 10.0 Å². The number of methoxy groups -OCH3 is 1. The number of ether oxygens (including phenoxy) is 2. The van der Waals surface area contributed by atoms with Gasteiger partial charge in [-0.15, -0.1) is 0 Å². The fraction of sp³-hybridized carbons (Fsp3) is 0.250. The molecule has 0 radical (unpaired) electrons. The van der Waals surface area contributed by atoms with Gasteiger partial charge in [-0.25, -0.2) is 9.79 Å². The van der Waals surface area contributed by atoms with E-state index in [4.69, 9.17) is 37.7 Å². The molecule has 1 atom stereocenters. The zero-order chi connectivity index (χ0) is 26.7. The van der Waals surface area contributed by atoms with Gasteiger partial charge in [-0.1, -0.05) is 59.6 Å². The predicted molar refractivity (Wildman–Crippen MR) is 146 cm³/mol. The largest absolute Gasteiger partial charge is 0.497 e. The van der Waals surface area contributed by atoms with E-state index in [0.29, 0.717) is 38.3 Å². The second-order valence-electron chi connectivity index (χ2n) is 9.41. The maximum Gasteiger partial charge on any atom is 0.409 e. The summed E-state index contributed by atoms with van der Waals surface area (Å²) in [5.41, 5.74) is 2.20. The van der Waals surface area contributed by atoms with E-state index in [1.165, 1.54) is 0 Å². The second-order valence-corrected chi connectivity index (χ2v) is 10.2. The number of para-hydroxylation sites is 1.